The van der Waals surface area contributed by atoms with Gasteiger partial charge in [-0.2, -0.15) is 0 Å². The summed E-state index contributed by atoms with van der Waals surface area (Å²) in [4.78, 5) is 28.9. The molecule has 0 saturated carbocycles. The van der Waals surface area contributed by atoms with E-state index in [-0.39, 0.29) is 18.4 Å². The highest BCUT2D eigenvalue weighted by Gasteiger charge is 2.14. The number of hydrogen-bond donors (Lipinski definition) is 2. The molecule has 0 aliphatic carbocycles. The quantitative estimate of drug-likeness (QED) is 0.662. The Morgan fingerprint density at radius 2 is 1.86 bits per heavy atom. The molecule has 1 aromatic heterocycles. The maximum atomic E-state index is 12.7. The average Bonchev–Trinajstić information content (AvgIpc) is 3.02. The van der Waals surface area contributed by atoms with Gasteiger partial charge < -0.3 is 15.2 Å². The Hall–Kier alpha value is -3.15. The number of anilines is 1. The summed E-state index contributed by atoms with van der Waals surface area (Å²) >= 11 is 0. The molecule has 28 heavy (non-hydrogen) atoms. The van der Waals surface area contributed by atoms with E-state index in [9.17, 15) is 9.59 Å². The second-order valence-corrected chi connectivity index (χ2v) is 6.92. The molecule has 0 bridgehead atoms. The van der Waals surface area contributed by atoms with E-state index in [2.05, 4.69) is 15.6 Å². The zero-order valence-corrected chi connectivity index (χ0v) is 16.6. The summed E-state index contributed by atoms with van der Waals surface area (Å²) in [5.74, 6) is 0.694. The molecule has 6 nitrogen and oxygen atoms in total. The molecule has 2 amide bonds. The molecule has 0 aliphatic rings. The third kappa shape index (κ3) is 4.57. The van der Waals surface area contributed by atoms with Crippen LogP contribution in [0.15, 0.2) is 42.5 Å². The Kier molecular flexibility index (Phi) is 6.09. The molecule has 2 aromatic carbocycles. The van der Waals surface area contributed by atoms with Gasteiger partial charge in [0.05, 0.1) is 11.0 Å². The molecule has 146 valence electrons. The molecule has 0 aliphatic heterocycles. The topological polar surface area (TPSA) is 76.0 Å². The fourth-order valence-electron chi connectivity index (χ4n) is 3.14. The van der Waals surface area contributed by atoms with Crippen LogP contribution in [0.4, 0.5) is 5.69 Å². The molecule has 1 heterocycles. The Morgan fingerprint density at radius 1 is 1.07 bits per heavy atom. The van der Waals surface area contributed by atoms with Crippen molar-refractivity contribution < 1.29 is 9.59 Å². The van der Waals surface area contributed by atoms with Crippen molar-refractivity contribution in [3.05, 3.63) is 59.4 Å². The molecule has 6 heteroatoms. The van der Waals surface area contributed by atoms with E-state index in [0.29, 0.717) is 19.4 Å². The van der Waals surface area contributed by atoms with Crippen molar-refractivity contribution in [3.63, 3.8) is 0 Å². The fourth-order valence-corrected chi connectivity index (χ4v) is 3.14. The van der Waals surface area contributed by atoms with Gasteiger partial charge in [0.15, 0.2) is 0 Å². The maximum Gasteiger partial charge on any atom is 0.244 e. The minimum atomic E-state index is -0.101. The van der Waals surface area contributed by atoms with E-state index in [0.717, 1.165) is 33.7 Å². The Balaban J connectivity index is 1.80. The standard InChI is InChI=1S/C22H26N4O2/c1-4-21(27)23-12-11-20-24-17-7-5-6-8-19(17)26(20)14-22(28)25-18-13-15(2)9-10-16(18)3/h5-10,13H,4,11-12,14H2,1-3H3,(H,23,27)(H,25,28). The van der Waals surface area contributed by atoms with Gasteiger partial charge in [-0.05, 0) is 43.2 Å². The first kappa shape index (κ1) is 19.6. The Labute approximate surface area is 165 Å². The first-order valence-corrected chi connectivity index (χ1v) is 9.56. The lowest BCUT2D eigenvalue weighted by Crippen LogP contribution is -2.26. The lowest BCUT2D eigenvalue weighted by atomic mass is 10.1. The van der Waals surface area contributed by atoms with E-state index >= 15 is 0 Å². The number of imidazole rings is 1. The number of nitrogens with zero attached hydrogens (tertiary/aromatic N) is 2. The number of fused-ring (bicyclic) bond motifs is 1. The molecule has 2 N–H and O–H groups in total. The monoisotopic (exact) mass is 378 g/mol. The highest BCUT2D eigenvalue weighted by molar-refractivity contribution is 5.92. The van der Waals surface area contributed by atoms with Crippen LogP contribution in [0.5, 0.6) is 0 Å². The molecule has 3 aromatic rings. The van der Waals surface area contributed by atoms with Gasteiger partial charge in [-0.15, -0.1) is 0 Å². The van der Waals surface area contributed by atoms with Gasteiger partial charge in [0, 0.05) is 25.1 Å². The van der Waals surface area contributed by atoms with E-state index in [1.165, 1.54) is 0 Å². The van der Waals surface area contributed by atoms with Crippen molar-refractivity contribution in [1.82, 2.24) is 14.9 Å². The van der Waals surface area contributed by atoms with Crippen molar-refractivity contribution in [2.45, 2.75) is 40.2 Å². The van der Waals surface area contributed by atoms with Crippen molar-refractivity contribution in [3.8, 4) is 0 Å². The summed E-state index contributed by atoms with van der Waals surface area (Å²) in [6, 6.07) is 13.8. The van der Waals surface area contributed by atoms with Crippen molar-refractivity contribution in [1.29, 1.82) is 0 Å². The largest absolute Gasteiger partial charge is 0.356 e. The summed E-state index contributed by atoms with van der Waals surface area (Å²) in [6.45, 7) is 6.46. The minimum absolute atomic E-state index is 0.00956. The molecule has 0 atom stereocenters. The van der Waals surface area contributed by atoms with E-state index in [1.54, 1.807) is 0 Å². The third-order valence-electron chi connectivity index (χ3n) is 4.69. The second-order valence-electron chi connectivity index (χ2n) is 6.92. The Bertz CT molecular complexity index is 1010. The average molecular weight is 378 g/mol. The number of hydrogen-bond acceptors (Lipinski definition) is 3. The summed E-state index contributed by atoms with van der Waals surface area (Å²) in [7, 11) is 0. The molecule has 0 spiro atoms. The van der Waals surface area contributed by atoms with Gasteiger partial charge in [0.1, 0.15) is 12.4 Å². The van der Waals surface area contributed by atoms with Gasteiger partial charge in [0.25, 0.3) is 0 Å². The summed E-state index contributed by atoms with van der Waals surface area (Å²) in [5.41, 5.74) is 4.71. The smallest absolute Gasteiger partial charge is 0.244 e. The van der Waals surface area contributed by atoms with E-state index in [1.807, 2.05) is 67.8 Å². The lowest BCUT2D eigenvalue weighted by molar-refractivity contribution is -0.120. The molecule has 3 rings (SSSR count). The first-order chi connectivity index (χ1) is 13.5. The molecule has 0 unspecified atom stereocenters. The van der Waals surface area contributed by atoms with Crippen LogP contribution in [0.1, 0.15) is 30.3 Å². The highest BCUT2D eigenvalue weighted by atomic mass is 16.2. The van der Waals surface area contributed by atoms with Crippen LogP contribution in [-0.2, 0) is 22.6 Å². The van der Waals surface area contributed by atoms with Crippen molar-refractivity contribution in [2.24, 2.45) is 0 Å². The van der Waals surface area contributed by atoms with Gasteiger partial charge in [-0.1, -0.05) is 31.2 Å². The zero-order chi connectivity index (χ0) is 20.1. The van der Waals surface area contributed by atoms with Gasteiger partial charge in [-0.25, -0.2) is 4.98 Å². The lowest BCUT2D eigenvalue weighted by Gasteiger charge is -2.12. The predicted octanol–water partition coefficient (Wildman–Crippen LogP) is 3.36. The van der Waals surface area contributed by atoms with E-state index < -0.39 is 0 Å². The number of amides is 2. The van der Waals surface area contributed by atoms with Crippen LogP contribution in [0.25, 0.3) is 11.0 Å². The number of aromatic nitrogens is 2. The second kappa shape index (κ2) is 8.69. The van der Waals surface area contributed by atoms with Gasteiger partial charge in [0.2, 0.25) is 11.8 Å². The molecular weight excluding hydrogens is 352 g/mol. The van der Waals surface area contributed by atoms with Crippen LogP contribution >= 0.6 is 0 Å². The number of carbonyl (C=O) groups excluding carboxylic acids is 2. The molecule has 0 saturated heterocycles. The van der Waals surface area contributed by atoms with Crippen LogP contribution in [0, 0.1) is 13.8 Å². The number of aryl methyl sites for hydroxylation is 2. The third-order valence-corrected chi connectivity index (χ3v) is 4.69. The van der Waals surface area contributed by atoms with Crippen LogP contribution in [-0.4, -0.2) is 27.9 Å². The number of carbonyl (C=O) groups is 2. The predicted molar refractivity (Wildman–Crippen MR) is 111 cm³/mol. The number of benzene rings is 2. The summed E-state index contributed by atoms with van der Waals surface area (Å²) in [5, 5.41) is 5.87. The number of rotatable bonds is 7. The van der Waals surface area contributed by atoms with Gasteiger partial charge in [-0.3, -0.25) is 9.59 Å². The number of nitrogens with one attached hydrogen (secondary N) is 2. The SMILES string of the molecule is CCC(=O)NCCc1nc2ccccc2n1CC(=O)Nc1cc(C)ccc1C. The first-order valence-electron chi connectivity index (χ1n) is 9.56. The molecule has 0 fully saturated rings. The van der Waals surface area contributed by atoms with Crippen LogP contribution in [0.2, 0.25) is 0 Å². The number of para-hydroxylation sites is 2. The van der Waals surface area contributed by atoms with Crippen LogP contribution in [0.3, 0.4) is 0 Å². The Morgan fingerprint density at radius 3 is 2.64 bits per heavy atom. The molecule has 0 radical (unpaired) electrons. The molecular formula is C22H26N4O2. The van der Waals surface area contributed by atoms with Crippen LogP contribution < -0.4 is 10.6 Å². The minimum Gasteiger partial charge on any atom is -0.356 e. The normalized spacial score (nSPS) is 10.8. The summed E-state index contributed by atoms with van der Waals surface area (Å²) < 4.78 is 1.92. The highest BCUT2D eigenvalue weighted by Crippen LogP contribution is 2.19. The van der Waals surface area contributed by atoms with Gasteiger partial charge >= 0.3 is 0 Å². The summed E-state index contributed by atoms with van der Waals surface area (Å²) in [6.07, 6.45) is 1.02. The van der Waals surface area contributed by atoms with E-state index in [4.69, 9.17) is 0 Å². The van der Waals surface area contributed by atoms with Crippen molar-refractivity contribution >= 4 is 28.5 Å². The van der Waals surface area contributed by atoms with Crippen molar-refractivity contribution in [2.75, 3.05) is 11.9 Å². The zero-order valence-electron chi connectivity index (χ0n) is 16.6. The maximum absolute atomic E-state index is 12.7. The fraction of sp³-hybridized carbons (Fsp3) is 0.318.